The highest BCUT2D eigenvalue weighted by Gasteiger charge is 2.18. The Kier molecular flexibility index (Phi) is 4.63. The lowest BCUT2D eigenvalue weighted by Gasteiger charge is -2.07. The first-order valence-electron chi connectivity index (χ1n) is 7.95. The molecule has 0 aliphatic heterocycles. The number of halogens is 1. The van der Waals surface area contributed by atoms with E-state index < -0.39 is 0 Å². The van der Waals surface area contributed by atoms with E-state index in [0.29, 0.717) is 17.1 Å². The SMILES string of the molecule is Cc1nn(Cc2ccc(Cl)cc2)c(C)c1NC(=O)c1cnn(C)c1C. The molecule has 25 heavy (non-hydrogen) atoms. The molecule has 6 nitrogen and oxygen atoms in total. The van der Waals surface area contributed by atoms with E-state index in [1.54, 1.807) is 10.9 Å². The third-order valence-corrected chi connectivity index (χ3v) is 4.60. The van der Waals surface area contributed by atoms with E-state index in [4.69, 9.17) is 11.6 Å². The van der Waals surface area contributed by atoms with Gasteiger partial charge in [-0.3, -0.25) is 14.2 Å². The summed E-state index contributed by atoms with van der Waals surface area (Å²) in [6.45, 7) is 6.32. The van der Waals surface area contributed by atoms with Crippen LogP contribution in [0.1, 0.15) is 33.0 Å². The molecule has 130 valence electrons. The smallest absolute Gasteiger partial charge is 0.259 e. The van der Waals surface area contributed by atoms with Gasteiger partial charge in [-0.15, -0.1) is 0 Å². The molecule has 0 radical (unpaired) electrons. The molecule has 0 spiro atoms. The second-order valence-electron chi connectivity index (χ2n) is 6.05. The molecular weight excluding hydrogens is 338 g/mol. The summed E-state index contributed by atoms with van der Waals surface area (Å²) in [6, 6.07) is 7.65. The summed E-state index contributed by atoms with van der Waals surface area (Å²) in [5.74, 6) is -0.178. The number of rotatable bonds is 4. The Labute approximate surface area is 151 Å². The van der Waals surface area contributed by atoms with Crippen molar-refractivity contribution in [1.29, 1.82) is 0 Å². The van der Waals surface area contributed by atoms with Gasteiger partial charge in [-0.25, -0.2) is 0 Å². The molecule has 0 aliphatic rings. The molecule has 1 amide bonds. The Morgan fingerprint density at radius 2 is 1.84 bits per heavy atom. The molecule has 0 aliphatic carbocycles. The van der Waals surface area contributed by atoms with Crippen LogP contribution in [0.5, 0.6) is 0 Å². The van der Waals surface area contributed by atoms with Crippen molar-refractivity contribution < 1.29 is 4.79 Å². The highest BCUT2D eigenvalue weighted by molar-refractivity contribution is 6.30. The molecule has 3 rings (SSSR count). The summed E-state index contributed by atoms with van der Waals surface area (Å²) >= 11 is 5.93. The zero-order valence-electron chi connectivity index (χ0n) is 14.7. The molecule has 0 fully saturated rings. The topological polar surface area (TPSA) is 64.7 Å². The van der Waals surface area contributed by atoms with Gasteiger partial charge in [0.15, 0.2) is 0 Å². The van der Waals surface area contributed by atoms with Gasteiger partial charge in [0.25, 0.3) is 5.91 Å². The zero-order valence-corrected chi connectivity index (χ0v) is 15.4. The van der Waals surface area contributed by atoms with Gasteiger partial charge in [0, 0.05) is 17.8 Å². The van der Waals surface area contributed by atoms with Crippen LogP contribution in [0, 0.1) is 20.8 Å². The molecule has 0 saturated carbocycles. The highest BCUT2D eigenvalue weighted by Crippen LogP contribution is 2.22. The Morgan fingerprint density at radius 3 is 2.44 bits per heavy atom. The number of carbonyl (C=O) groups excluding carboxylic acids is 1. The summed E-state index contributed by atoms with van der Waals surface area (Å²) in [6.07, 6.45) is 1.58. The molecule has 0 saturated heterocycles. The third kappa shape index (κ3) is 3.44. The summed E-state index contributed by atoms with van der Waals surface area (Å²) in [5, 5.41) is 12.3. The predicted molar refractivity (Wildman–Crippen MR) is 98.2 cm³/mol. The first-order chi connectivity index (χ1) is 11.9. The van der Waals surface area contributed by atoms with Gasteiger partial charge in [0.2, 0.25) is 0 Å². The number of amides is 1. The van der Waals surface area contributed by atoms with Crippen LogP contribution in [0.2, 0.25) is 5.02 Å². The molecular formula is C18H20ClN5O. The molecule has 7 heteroatoms. The molecule has 1 N–H and O–H groups in total. The van der Waals surface area contributed by atoms with E-state index in [1.165, 1.54) is 0 Å². The van der Waals surface area contributed by atoms with Gasteiger partial charge in [-0.2, -0.15) is 10.2 Å². The van der Waals surface area contributed by atoms with Crippen LogP contribution >= 0.6 is 11.6 Å². The second kappa shape index (κ2) is 6.72. The summed E-state index contributed by atoms with van der Waals surface area (Å²) in [4.78, 5) is 12.5. The lowest BCUT2D eigenvalue weighted by molar-refractivity contribution is 0.102. The van der Waals surface area contributed by atoms with E-state index in [0.717, 1.165) is 28.3 Å². The van der Waals surface area contributed by atoms with Crippen LogP contribution in [-0.2, 0) is 13.6 Å². The lowest BCUT2D eigenvalue weighted by Crippen LogP contribution is -2.14. The maximum Gasteiger partial charge on any atom is 0.259 e. The third-order valence-electron chi connectivity index (χ3n) is 4.35. The first kappa shape index (κ1) is 17.2. The Hall–Kier alpha value is -2.60. The van der Waals surface area contributed by atoms with Crippen molar-refractivity contribution in [2.75, 3.05) is 5.32 Å². The van der Waals surface area contributed by atoms with E-state index in [-0.39, 0.29) is 5.91 Å². The van der Waals surface area contributed by atoms with Crippen LogP contribution < -0.4 is 5.32 Å². The highest BCUT2D eigenvalue weighted by atomic mass is 35.5. The number of nitrogens with one attached hydrogen (secondary N) is 1. The van der Waals surface area contributed by atoms with Crippen LogP contribution in [0.3, 0.4) is 0 Å². The maximum atomic E-state index is 12.5. The number of aryl methyl sites for hydroxylation is 2. The Morgan fingerprint density at radius 1 is 1.16 bits per heavy atom. The standard InChI is InChI=1S/C18H20ClN5O/c1-11-17(21-18(25)16-9-20-23(4)12(16)2)13(3)24(22-11)10-14-5-7-15(19)8-6-14/h5-9H,10H2,1-4H3,(H,21,25). The van der Waals surface area contributed by atoms with Gasteiger partial charge in [0.1, 0.15) is 0 Å². The fraction of sp³-hybridized carbons (Fsp3) is 0.278. The van der Waals surface area contributed by atoms with Gasteiger partial charge < -0.3 is 5.32 Å². The minimum Gasteiger partial charge on any atom is -0.319 e. The predicted octanol–water partition coefficient (Wildman–Crippen LogP) is 3.50. The molecule has 0 unspecified atom stereocenters. The van der Waals surface area contributed by atoms with Crippen molar-refractivity contribution in [3.63, 3.8) is 0 Å². The van der Waals surface area contributed by atoms with Crippen molar-refractivity contribution in [2.45, 2.75) is 27.3 Å². The van der Waals surface area contributed by atoms with E-state index in [2.05, 4.69) is 15.5 Å². The minimum absolute atomic E-state index is 0.178. The number of hydrogen-bond acceptors (Lipinski definition) is 3. The van der Waals surface area contributed by atoms with Crippen molar-refractivity contribution >= 4 is 23.2 Å². The number of hydrogen-bond donors (Lipinski definition) is 1. The monoisotopic (exact) mass is 357 g/mol. The average Bonchev–Trinajstić information content (AvgIpc) is 3.04. The number of benzene rings is 1. The lowest BCUT2D eigenvalue weighted by atomic mass is 10.2. The summed E-state index contributed by atoms with van der Waals surface area (Å²) in [7, 11) is 1.81. The van der Waals surface area contributed by atoms with Crippen molar-refractivity contribution in [3.05, 3.63) is 63.7 Å². The van der Waals surface area contributed by atoms with Crippen LogP contribution in [0.4, 0.5) is 5.69 Å². The van der Waals surface area contributed by atoms with Crippen molar-refractivity contribution in [3.8, 4) is 0 Å². The second-order valence-corrected chi connectivity index (χ2v) is 6.49. The fourth-order valence-electron chi connectivity index (χ4n) is 2.70. The Balaban J connectivity index is 1.83. The zero-order chi connectivity index (χ0) is 18.1. The molecule has 1 aromatic carbocycles. The Bertz CT molecular complexity index is 924. The maximum absolute atomic E-state index is 12.5. The van der Waals surface area contributed by atoms with Gasteiger partial charge in [-0.05, 0) is 38.5 Å². The van der Waals surface area contributed by atoms with Gasteiger partial charge >= 0.3 is 0 Å². The number of nitrogens with zero attached hydrogens (tertiary/aromatic N) is 4. The number of anilines is 1. The van der Waals surface area contributed by atoms with E-state index >= 15 is 0 Å². The average molecular weight is 358 g/mol. The first-order valence-corrected chi connectivity index (χ1v) is 8.33. The summed E-state index contributed by atoms with van der Waals surface area (Å²) < 4.78 is 3.56. The molecule has 0 atom stereocenters. The number of aromatic nitrogens is 4. The minimum atomic E-state index is -0.178. The summed E-state index contributed by atoms with van der Waals surface area (Å²) in [5.41, 5.74) is 4.90. The van der Waals surface area contributed by atoms with Crippen molar-refractivity contribution in [1.82, 2.24) is 19.6 Å². The van der Waals surface area contributed by atoms with Crippen LogP contribution in [0.15, 0.2) is 30.5 Å². The largest absolute Gasteiger partial charge is 0.319 e. The van der Waals surface area contributed by atoms with Gasteiger partial charge in [-0.1, -0.05) is 23.7 Å². The van der Waals surface area contributed by atoms with E-state index in [9.17, 15) is 4.79 Å². The molecule has 0 bridgehead atoms. The fourth-order valence-corrected chi connectivity index (χ4v) is 2.82. The van der Waals surface area contributed by atoms with Gasteiger partial charge in [0.05, 0.1) is 35.4 Å². The van der Waals surface area contributed by atoms with Crippen molar-refractivity contribution in [2.24, 2.45) is 7.05 Å². The van der Waals surface area contributed by atoms with E-state index in [1.807, 2.05) is 56.8 Å². The van der Waals surface area contributed by atoms with Crippen LogP contribution in [0.25, 0.3) is 0 Å². The molecule has 3 aromatic rings. The molecule has 2 heterocycles. The quantitative estimate of drug-likeness (QED) is 0.777. The normalized spacial score (nSPS) is 10.9. The number of carbonyl (C=O) groups is 1. The molecule has 2 aromatic heterocycles. The van der Waals surface area contributed by atoms with Crippen LogP contribution in [-0.4, -0.2) is 25.5 Å².